The van der Waals surface area contributed by atoms with Crippen LogP contribution in [-0.4, -0.2) is 6.72 Å². The van der Waals surface area contributed by atoms with Gasteiger partial charge >= 0.3 is 0 Å². The Bertz CT molecular complexity index is 101. The van der Waals surface area contributed by atoms with Gasteiger partial charge in [0, 0.05) is 5.70 Å². The summed E-state index contributed by atoms with van der Waals surface area (Å²) in [5, 5.41) is 0. The minimum atomic E-state index is 0.898. The molecule has 0 aromatic rings. The van der Waals surface area contributed by atoms with Crippen LogP contribution in [-0.2, 0) is 0 Å². The van der Waals surface area contributed by atoms with Crippen LogP contribution in [0.2, 0.25) is 0 Å². The van der Waals surface area contributed by atoms with Crippen molar-refractivity contribution in [3.63, 3.8) is 0 Å². The molecule has 0 N–H and O–H groups in total. The second-order valence-electron chi connectivity index (χ2n) is 1.20. The highest BCUT2D eigenvalue weighted by molar-refractivity contribution is 5.29. The molecule has 0 amide bonds. The van der Waals surface area contributed by atoms with Crippen LogP contribution in [0.15, 0.2) is 29.4 Å². The molecule has 0 aliphatic carbocycles. The van der Waals surface area contributed by atoms with E-state index in [0.717, 1.165) is 5.70 Å². The van der Waals surface area contributed by atoms with Gasteiger partial charge in [-0.2, -0.15) is 0 Å². The van der Waals surface area contributed by atoms with E-state index in [-0.39, 0.29) is 0 Å². The Balaban J connectivity index is -0.000000138. The summed E-state index contributed by atoms with van der Waals surface area (Å²) in [4.78, 5) is 3.62. The van der Waals surface area contributed by atoms with Crippen molar-refractivity contribution in [3.8, 4) is 0 Å². The average molecular weight is 155 g/mol. The third-order valence-corrected chi connectivity index (χ3v) is 0.608. The Labute approximate surface area is 71.6 Å². The van der Waals surface area contributed by atoms with Gasteiger partial charge in [-0.25, -0.2) is 0 Å². The van der Waals surface area contributed by atoms with Crippen LogP contribution in [0.25, 0.3) is 0 Å². The molecule has 0 spiro atoms. The summed E-state index contributed by atoms with van der Waals surface area (Å²) in [5.74, 6) is 0. The Hall–Kier alpha value is -0.850. The van der Waals surface area contributed by atoms with Gasteiger partial charge in [-0.05, 0) is 19.7 Å². The summed E-state index contributed by atoms with van der Waals surface area (Å²) in [7, 11) is 0. The largest absolute Gasteiger partial charge is 0.269 e. The molecule has 66 valence electrons. The van der Waals surface area contributed by atoms with Crippen molar-refractivity contribution >= 4 is 6.72 Å². The van der Waals surface area contributed by atoms with Crippen LogP contribution in [0, 0.1) is 0 Å². The van der Waals surface area contributed by atoms with Gasteiger partial charge in [-0.3, -0.25) is 4.99 Å². The molecule has 0 atom stereocenters. The van der Waals surface area contributed by atoms with Gasteiger partial charge in [-0.1, -0.05) is 40.3 Å². The van der Waals surface area contributed by atoms with Crippen LogP contribution >= 0.6 is 0 Å². The zero-order valence-electron chi connectivity index (χ0n) is 8.52. The Morgan fingerprint density at radius 3 is 1.64 bits per heavy atom. The van der Waals surface area contributed by atoms with Gasteiger partial charge in [0.2, 0.25) is 0 Å². The summed E-state index contributed by atoms with van der Waals surface area (Å²) in [6, 6.07) is 0. The Morgan fingerprint density at radius 2 is 1.55 bits per heavy atom. The lowest BCUT2D eigenvalue weighted by Crippen LogP contribution is -1.60. The van der Waals surface area contributed by atoms with Crippen molar-refractivity contribution in [1.82, 2.24) is 0 Å². The molecule has 0 saturated carbocycles. The molecule has 0 aliphatic heterocycles. The molecule has 0 unspecified atom stereocenters. The Morgan fingerprint density at radius 1 is 1.18 bits per heavy atom. The van der Waals surface area contributed by atoms with Crippen LogP contribution in [0.3, 0.4) is 0 Å². The zero-order chi connectivity index (χ0) is 9.70. The fourth-order valence-electron chi connectivity index (χ4n) is 0.223. The minimum absolute atomic E-state index is 0.898. The molecular formula is C10H21N. The zero-order valence-corrected chi connectivity index (χ0v) is 8.52. The number of rotatable bonds is 2. The SMILES string of the molecule is C=C/C=C(\C)N=C.CC.CC. The van der Waals surface area contributed by atoms with E-state index in [2.05, 4.69) is 18.3 Å². The molecule has 0 saturated heterocycles. The van der Waals surface area contributed by atoms with Crippen molar-refractivity contribution in [2.45, 2.75) is 34.6 Å². The molecule has 0 radical (unpaired) electrons. The third kappa shape index (κ3) is 27.2. The average Bonchev–Trinajstić information content (AvgIpc) is 2.12. The predicted octanol–water partition coefficient (Wildman–Crippen LogP) is 3.83. The molecule has 11 heavy (non-hydrogen) atoms. The molecule has 0 aromatic heterocycles. The molecule has 1 heteroatoms. The van der Waals surface area contributed by atoms with Gasteiger partial charge in [0.1, 0.15) is 0 Å². The van der Waals surface area contributed by atoms with E-state index in [4.69, 9.17) is 0 Å². The van der Waals surface area contributed by atoms with E-state index in [1.807, 2.05) is 34.6 Å². The van der Waals surface area contributed by atoms with Crippen molar-refractivity contribution in [1.29, 1.82) is 0 Å². The van der Waals surface area contributed by atoms with Gasteiger partial charge in [0.15, 0.2) is 0 Å². The van der Waals surface area contributed by atoms with E-state index in [1.165, 1.54) is 0 Å². The first-order chi connectivity index (χ1) is 5.31. The third-order valence-electron chi connectivity index (χ3n) is 0.608. The second-order valence-corrected chi connectivity index (χ2v) is 1.20. The lowest BCUT2D eigenvalue weighted by molar-refractivity contribution is 1.33. The lowest BCUT2D eigenvalue weighted by Gasteiger charge is -1.80. The molecule has 0 aromatic carbocycles. The molecule has 0 fully saturated rings. The quantitative estimate of drug-likeness (QED) is 0.424. The van der Waals surface area contributed by atoms with E-state index in [0.29, 0.717) is 0 Å². The van der Waals surface area contributed by atoms with Crippen molar-refractivity contribution in [2.24, 2.45) is 4.99 Å². The molecule has 0 bridgehead atoms. The monoisotopic (exact) mass is 155 g/mol. The highest BCUT2D eigenvalue weighted by Gasteiger charge is 1.69. The number of allylic oxidation sites excluding steroid dienone is 3. The summed E-state index contributed by atoms with van der Waals surface area (Å²) in [5.41, 5.74) is 0.898. The summed E-state index contributed by atoms with van der Waals surface area (Å²) < 4.78 is 0. The fourth-order valence-corrected chi connectivity index (χ4v) is 0.223. The normalized spacial score (nSPS) is 7.91. The maximum atomic E-state index is 3.62. The first-order valence-corrected chi connectivity index (χ1v) is 4.07. The fraction of sp³-hybridized carbons (Fsp3) is 0.500. The van der Waals surface area contributed by atoms with Gasteiger partial charge < -0.3 is 0 Å². The number of hydrogen-bond donors (Lipinski definition) is 0. The molecule has 0 aliphatic rings. The smallest absolute Gasteiger partial charge is 0.0365 e. The van der Waals surface area contributed by atoms with Crippen LogP contribution in [0.1, 0.15) is 34.6 Å². The van der Waals surface area contributed by atoms with Crippen molar-refractivity contribution in [3.05, 3.63) is 24.4 Å². The van der Waals surface area contributed by atoms with Crippen LogP contribution in [0.5, 0.6) is 0 Å². The van der Waals surface area contributed by atoms with E-state index in [1.54, 1.807) is 12.2 Å². The molecule has 1 nitrogen and oxygen atoms in total. The predicted molar refractivity (Wildman–Crippen MR) is 56.2 cm³/mol. The second kappa shape index (κ2) is 22.9. The van der Waals surface area contributed by atoms with E-state index >= 15 is 0 Å². The van der Waals surface area contributed by atoms with Gasteiger partial charge in [-0.15, -0.1) is 0 Å². The summed E-state index contributed by atoms with van der Waals surface area (Å²) >= 11 is 0. The summed E-state index contributed by atoms with van der Waals surface area (Å²) in [6.45, 7) is 16.7. The molecule has 0 heterocycles. The Kier molecular flexibility index (Phi) is 34.6. The van der Waals surface area contributed by atoms with Crippen molar-refractivity contribution in [2.75, 3.05) is 0 Å². The molecular weight excluding hydrogens is 134 g/mol. The highest BCUT2D eigenvalue weighted by atomic mass is 14.7. The lowest BCUT2D eigenvalue weighted by atomic mass is 10.4. The highest BCUT2D eigenvalue weighted by Crippen LogP contribution is 1.89. The summed E-state index contributed by atoms with van der Waals surface area (Å²) in [6.07, 6.45) is 3.48. The minimum Gasteiger partial charge on any atom is -0.269 e. The van der Waals surface area contributed by atoms with Gasteiger partial charge in [0.25, 0.3) is 0 Å². The van der Waals surface area contributed by atoms with Crippen LogP contribution in [0.4, 0.5) is 0 Å². The molecule has 0 rings (SSSR count). The number of nitrogens with zero attached hydrogens (tertiary/aromatic N) is 1. The maximum absolute atomic E-state index is 3.62. The van der Waals surface area contributed by atoms with E-state index in [9.17, 15) is 0 Å². The van der Waals surface area contributed by atoms with Gasteiger partial charge in [0.05, 0.1) is 0 Å². The number of hydrogen-bond acceptors (Lipinski definition) is 1. The van der Waals surface area contributed by atoms with Crippen molar-refractivity contribution < 1.29 is 0 Å². The van der Waals surface area contributed by atoms with Crippen LogP contribution < -0.4 is 0 Å². The standard InChI is InChI=1S/C6H9N.2C2H6/c1-4-5-6(2)7-3;2*1-2/h4-5H,1,3H2,2H3;2*1-2H3/b6-5+;;. The number of aliphatic imine (C=N–C) groups is 1. The maximum Gasteiger partial charge on any atom is 0.0365 e. The topological polar surface area (TPSA) is 12.4 Å². The first kappa shape index (κ1) is 16.6. The first-order valence-electron chi connectivity index (χ1n) is 4.07. The van der Waals surface area contributed by atoms with E-state index < -0.39 is 0 Å².